The summed E-state index contributed by atoms with van der Waals surface area (Å²) in [7, 11) is 0. The van der Waals surface area contributed by atoms with Crippen LogP contribution in [0.5, 0.6) is 5.75 Å². The fourth-order valence-electron chi connectivity index (χ4n) is 2.84. The lowest BCUT2D eigenvalue weighted by molar-refractivity contribution is -0.274. The smallest absolute Gasteiger partial charge is 0.406 e. The van der Waals surface area contributed by atoms with Gasteiger partial charge in [-0.1, -0.05) is 29.8 Å². The average molecular weight is 468 g/mol. The van der Waals surface area contributed by atoms with Crippen LogP contribution < -0.4 is 20.3 Å². The van der Waals surface area contributed by atoms with Crippen LogP contribution in [-0.4, -0.2) is 30.1 Å². The molecule has 2 aromatic carbocycles. The molecule has 6 nitrogen and oxygen atoms in total. The van der Waals surface area contributed by atoms with Gasteiger partial charge in [0, 0.05) is 11.6 Å². The summed E-state index contributed by atoms with van der Waals surface area (Å²) in [6.07, 6.45) is -10.2. The van der Waals surface area contributed by atoms with Crippen molar-refractivity contribution in [3.8, 4) is 5.75 Å². The number of hydrogen-bond acceptors (Lipinski definition) is 4. The molecule has 31 heavy (non-hydrogen) atoms. The maximum Gasteiger partial charge on any atom is 0.573 e. The van der Waals surface area contributed by atoms with E-state index in [-0.39, 0.29) is 21.2 Å². The first-order valence-electron chi connectivity index (χ1n) is 8.42. The number of nitrogens with zero attached hydrogens (tertiary/aromatic N) is 1. The summed E-state index contributed by atoms with van der Waals surface area (Å²) in [6.45, 7) is -0.516. The Labute approximate surface area is 175 Å². The van der Waals surface area contributed by atoms with Crippen molar-refractivity contribution in [1.29, 1.82) is 0 Å². The third-order valence-electron chi connectivity index (χ3n) is 4.28. The summed E-state index contributed by atoms with van der Waals surface area (Å²) in [5, 5.41) is 3.74. The number of carbonyl (C=O) groups excluding carboxylic acids is 2. The van der Waals surface area contributed by atoms with Crippen molar-refractivity contribution < 1.29 is 40.7 Å². The van der Waals surface area contributed by atoms with Gasteiger partial charge in [0.25, 0.3) is 11.6 Å². The highest BCUT2D eigenvalue weighted by Gasteiger charge is 2.68. The SMILES string of the molecule is O=C1N[C@@](NCc2ccccc2Cl)(C(F)(F)F)C(=O)N1c1ccc(OC(F)(F)F)cc1. The fraction of sp³-hybridized carbons (Fsp3) is 0.222. The molecule has 0 saturated carbocycles. The zero-order chi connectivity index (χ0) is 23.0. The molecule has 0 aromatic heterocycles. The van der Waals surface area contributed by atoms with Crippen LogP contribution in [0.2, 0.25) is 5.02 Å². The van der Waals surface area contributed by atoms with Crippen LogP contribution in [0.4, 0.5) is 36.8 Å². The molecule has 0 bridgehead atoms. The van der Waals surface area contributed by atoms with Crippen LogP contribution in [0, 0.1) is 0 Å². The zero-order valence-electron chi connectivity index (χ0n) is 15.1. The topological polar surface area (TPSA) is 70.7 Å². The molecule has 2 N–H and O–H groups in total. The Morgan fingerprint density at radius 3 is 2.16 bits per heavy atom. The molecule has 1 aliphatic heterocycles. The summed E-state index contributed by atoms with van der Waals surface area (Å²) in [5.74, 6) is -2.39. The second-order valence-electron chi connectivity index (χ2n) is 6.31. The van der Waals surface area contributed by atoms with Crippen molar-refractivity contribution in [2.75, 3.05) is 4.90 Å². The number of halogens is 7. The van der Waals surface area contributed by atoms with Crippen LogP contribution >= 0.6 is 11.6 Å². The average Bonchev–Trinajstić information content (AvgIpc) is 2.91. The van der Waals surface area contributed by atoms with Gasteiger partial charge in [0.2, 0.25) is 0 Å². The van der Waals surface area contributed by atoms with E-state index in [0.717, 1.165) is 24.3 Å². The van der Waals surface area contributed by atoms with Crippen LogP contribution in [0.3, 0.4) is 0 Å². The largest absolute Gasteiger partial charge is 0.573 e. The van der Waals surface area contributed by atoms with Crippen LogP contribution in [0.25, 0.3) is 0 Å². The Morgan fingerprint density at radius 1 is 1.00 bits per heavy atom. The Hall–Kier alpha value is -2.99. The Morgan fingerprint density at radius 2 is 1.61 bits per heavy atom. The molecule has 1 atom stereocenters. The van der Waals surface area contributed by atoms with Crippen molar-refractivity contribution in [3.05, 3.63) is 59.1 Å². The van der Waals surface area contributed by atoms with Crippen molar-refractivity contribution in [2.24, 2.45) is 0 Å². The number of nitrogens with one attached hydrogen (secondary N) is 2. The zero-order valence-corrected chi connectivity index (χ0v) is 15.9. The minimum atomic E-state index is -5.25. The second kappa shape index (κ2) is 7.93. The van der Waals surface area contributed by atoms with Gasteiger partial charge in [0.15, 0.2) is 0 Å². The third-order valence-corrected chi connectivity index (χ3v) is 4.65. The lowest BCUT2D eigenvalue weighted by atomic mass is 10.1. The Bertz CT molecular complexity index is 996. The Kier molecular flexibility index (Phi) is 5.80. The number of ether oxygens (including phenoxy) is 1. The summed E-state index contributed by atoms with van der Waals surface area (Å²) in [5.41, 5.74) is -3.62. The van der Waals surface area contributed by atoms with Gasteiger partial charge in [-0.25, -0.2) is 9.69 Å². The molecule has 1 fully saturated rings. The normalized spacial score (nSPS) is 19.5. The summed E-state index contributed by atoms with van der Waals surface area (Å²) < 4.78 is 82.1. The standard InChI is InChI=1S/C18H12ClF6N3O3/c19-13-4-2-1-3-10(13)9-26-16(17(20,21)22)14(29)28(15(30)27-16)11-5-7-12(8-6-11)31-18(23,24)25/h1-8,26H,9H2,(H,27,30)/t16-/m1/s1. The number of benzene rings is 2. The number of carbonyl (C=O) groups is 2. The summed E-state index contributed by atoms with van der Waals surface area (Å²) >= 11 is 5.92. The first-order valence-corrected chi connectivity index (χ1v) is 8.79. The molecule has 0 unspecified atom stereocenters. The molecular weight excluding hydrogens is 456 g/mol. The fourth-order valence-corrected chi connectivity index (χ4v) is 3.05. The van der Waals surface area contributed by atoms with Gasteiger partial charge in [0.1, 0.15) is 5.75 Å². The number of anilines is 1. The molecule has 0 radical (unpaired) electrons. The van der Waals surface area contributed by atoms with Crippen LogP contribution in [0.1, 0.15) is 5.56 Å². The van der Waals surface area contributed by atoms with Gasteiger partial charge in [-0.05, 0) is 35.9 Å². The van der Waals surface area contributed by atoms with E-state index in [9.17, 15) is 35.9 Å². The summed E-state index contributed by atoms with van der Waals surface area (Å²) in [4.78, 5) is 25.1. The van der Waals surface area contributed by atoms with E-state index in [1.165, 1.54) is 18.2 Å². The number of rotatable bonds is 5. The first kappa shape index (κ1) is 22.7. The molecule has 3 amide bonds. The van der Waals surface area contributed by atoms with Crippen molar-refractivity contribution in [2.45, 2.75) is 24.7 Å². The molecule has 2 aromatic rings. The number of urea groups is 1. The molecule has 0 spiro atoms. The highest BCUT2D eigenvalue weighted by Crippen LogP contribution is 2.37. The predicted molar refractivity (Wildman–Crippen MR) is 96.2 cm³/mol. The van der Waals surface area contributed by atoms with Gasteiger partial charge >= 0.3 is 18.6 Å². The molecule has 1 saturated heterocycles. The van der Waals surface area contributed by atoms with E-state index < -0.39 is 42.4 Å². The minimum Gasteiger partial charge on any atom is -0.406 e. The maximum absolute atomic E-state index is 13.9. The number of hydrogen-bond donors (Lipinski definition) is 2. The van der Waals surface area contributed by atoms with E-state index in [4.69, 9.17) is 11.6 Å². The maximum atomic E-state index is 13.9. The predicted octanol–water partition coefficient (Wildman–Crippen LogP) is 4.34. The van der Waals surface area contributed by atoms with Gasteiger partial charge in [-0.15, -0.1) is 13.2 Å². The highest BCUT2D eigenvalue weighted by molar-refractivity contribution is 6.31. The first-order chi connectivity index (χ1) is 14.3. The molecule has 1 aliphatic rings. The molecule has 3 rings (SSSR count). The van der Waals surface area contributed by atoms with Crippen LogP contribution in [0.15, 0.2) is 48.5 Å². The summed E-state index contributed by atoms with van der Waals surface area (Å²) in [6, 6.07) is 7.73. The highest BCUT2D eigenvalue weighted by atomic mass is 35.5. The van der Waals surface area contributed by atoms with E-state index in [2.05, 4.69) is 4.74 Å². The quantitative estimate of drug-likeness (QED) is 0.507. The van der Waals surface area contributed by atoms with Crippen molar-refractivity contribution >= 4 is 29.2 Å². The molecule has 166 valence electrons. The van der Waals surface area contributed by atoms with E-state index in [1.807, 2.05) is 5.32 Å². The molecular formula is C18H12ClF6N3O3. The van der Waals surface area contributed by atoms with Gasteiger partial charge < -0.3 is 10.1 Å². The third kappa shape index (κ3) is 4.54. The van der Waals surface area contributed by atoms with Crippen molar-refractivity contribution in [1.82, 2.24) is 10.6 Å². The molecule has 1 heterocycles. The van der Waals surface area contributed by atoms with Gasteiger partial charge in [-0.2, -0.15) is 13.2 Å². The van der Waals surface area contributed by atoms with Crippen LogP contribution in [-0.2, 0) is 11.3 Å². The lowest BCUT2D eigenvalue weighted by Gasteiger charge is -2.30. The number of amides is 3. The van der Waals surface area contributed by atoms with E-state index in [1.54, 1.807) is 11.4 Å². The number of imide groups is 1. The minimum absolute atomic E-state index is 0.140. The second-order valence-corrected chi connectivity index (χ2v) is 6.71. The number of alkyl halides is 6. The Balaban J connectivity index is 1.89. The van der Waals surface area contributed by atoms with Gasteiger partial charge in [-0.3, -0.25) is 10.1 Å². The molecule has 0 aliphatic carbocycles. The lowest BCUT2D eigenvalue weighted by Crippen LogP contribution is -2.68. The monoisotopic (exact) mass is 467 g/mol. The van der Waals surface area contributed by atoms with E-state index >= 15 is 0 Å². The molecule has 13 heteroatoms. The van der Waals surface area contributed by atoms with Gasteiger partial charge in [0.05, 0.1) is 5.69 Å². The van der Waals surface area contributed by atoms with Crippen molar-refractivity contribution in [3.63, 3.8) is 0 Å². The van der Waals surface area contributed by atoms with E-state index in [0.29, 0.717) is 0 Å².